The van der Waals surface area contributed by atoms with Crippen LogP contribution in [0.25, 0.3) is 0 Å². The Labute approximate surface area is 138 Å². The lowest BCUT2D eigenvalue weighted by Gasteiger charge is -2.30. The normalized spacial score (nSPS) is 23.1. The lowest BCUT2D eigenvalue weighted by molar-refractivity contribution is -0.137. The zero-order valence-corrected chi connectivity index (χ0v) is 14.3. The minimum absolute atomic E-state index is 0.0511. The Hall–Kier alpha value is -1.36. The molecule has 1 saturated carbocycles. The van der Waals surface area contributed by atoms with E-state index in [2.05, 4.69) is 0 Å². The highest BCUT2D eigenvalue weighted by molar-refractivity contribution is 7.91. The average molecular weight is 335 g/mol. The molecule has 1 aliphatic heterocycles. The van der Waals surface area contributed by atoms with E-state index in [0.717, 1.165) is 38.5 Å². The van der Waals surface area contributed by atoms with Crippen LogP contribution in [0.2, 0.25) is 0 Å². The van der Waals surface area contributed by atoms with Crippen LogP contribution in [-0.2, 0) is 14.6 Å². The molecule has 2 fully saturated rings. The van der Waals surface area contributed by atoms with Gasteiger partial charge in [-0.2, -0.15) is 0 Å². The summed E-state index contributed by atoms with van der Waals surface area (Å²) in [7, 11) is -3.33. The van der Waals surface area contributed by atoms with Gasteiger partial charge in [0.25, 0.3) is 0 Å². The molecule has 0 radical (unpaired) electrons. The molecule has 0 aromatic heterocycles. The third-order valence-electron chi connectivity index (χ3n) is 5.13. The van der Waals surface area contributed by atoms with E-state index in [0.29, 0.717) is 11.4 Å². The van der Waals surface area contributed by atoms with Gasteiger partial charge in [0.05, 0.1) is 10.6 Å². The second-order valence-electron chi connectivity index (χ2n) is 6.76. The van der Waals surface area contributed by atoms with Gasteiger partial charge in [-0.1, -0.05) is 37.5 Å². The molecule has 0 bridgehead atoms. The van der Waals surface area contributed by atoms with Crippen molar-refractivity contribution < 1.29 is 13.2 Å². The number of benzene rings is 1. The number of rotatable bonds is 4. The number of sulfone groups is 1. The van der Waals surface area contributed by atoms with E-state index in [1.54, 1.807) is 24.3 Å². The zero-order valence-electron chi connectivity index (χ0n) is 13.5. The highest BCUT2D eigenvalue weighted by atomic mass is 32.2. The summed E-state index contributed by atoms with van der Waals surface area (Å²) in [4.78, 5) is 15.0. The first kappa shape index (κ1) is 16.5. The van der Waals surface area contributed by atoms with Crippen molar-refractivity contribution in [2.75, 3.05) is 12.3 Å². The maximum atomic E-state index is 12.8. The third-order valence-corrected chi connectivity index (χ3v) is 6.94. The maximum absolute atomic E-state index is 12.8. The molecule has 0 N–H and O–H groups in total. The molecule has 0 spiro atoms. The number of carbonyl (C=O) groups is 1. The quantitative estimate of drug-likeness (QED) is 0.850. The molecule has 3 rings (SSSR count). The molecule has 1 aliphatic carbocycles. The second-order valence-corrected chi connectivity index (χ2v) is 8.79. The molecule has 2 aliphatic rings. The number of amides is 1. The molecule has 1 atom stereocenters. The monoisotopic (exact) mass is 335 g/mol. The van der Waals surface area contributed by atoms with Crippen molar-refractivity contribution in [1.82, 2.24) is 4.90 Å². The van der Waals surface area contributed by atoms with E-state index in [9.17, 15) is 13.2 Å². The van der Waals surface area contributed by atoms with Gasteiger partial charge < -0.3 is 4.90 Å². The van der Waals surface area contributed by atoms with Crippen LogP contribution in [0.5, 0.6) is 0 Å². The Bertz CT molecular complexity index is 635. The number of hydrogen-bond donors (Lipinski definition) is 0. The molecule has 1 unspecified atom stereocenters. The van der Waals surface area contributed by atoms with Crippen LogP contribution in [0.1, 0.15) is 44.9 Å². The summed E-state index contributed by atoms with van der Waals surface area (Å²) in [6.07, 6.45) is 7.10. The topological polar surface area (TPSA) is 54.5 Å². The predicted octanol–water partition coefficient (Wildman–Crippen LogP) is 3.03. The molecular weight excluding hydrogens is 310 g/mol. The van der Waals surface area contributed by atoms with E-state index in [-0.39, 0.29) is 23.6 Å². The van der Waals surface area contributed by atoms with Gasteiger partial charge in [0.2, 0.25) is 5.91 Å². The Balaban J connectivity index is 1.70. The van der Waals surface area contributed by atoms with Crippen molar-refractivity contribution in [2.45, 2.75) is 55.9 Å². The van der Waals surface area contributed by atoms with Crippen LogP contribution in [0, 0.1) is 5.92 Å². The molecule has 1 aromatic carbocycles. The molecule has 23 heavy (non-hydrogen) atoms. The van der Waals surface area contributed by atoms with Gasteiger partial charge >= 0.3 is 0 Å². The van der Waals surface area contributed by atoms with Crippen LogP contribution in [0.15, 0.2) is 35.2 Å². The standard InChI is InChI=1S/C18H25NO3S/c20-18(15-8-3-1-4-9-15)19-13-7-10-16(19)14-23(21,22)17-11-5-2-6-12-17/h2,5-6,11-12,15-16H,1,3-4,7-10,13-14H2. The molecule has 1 amide bonds. The van der Waals surface area contributed by atoms with Crippen molar-refractivity contribution in [2.24, 2.45) is 5.92 Å². The molecule has 1 saturated heterocycles. The van der Waals surface area contributed by atoms with Gasteiger partial charge in [-0.3, -0.25) is 4.79 Å². The van der Waals surface area contributed by atoms with Gasteiger partial charge in [0, 0.05) is 18.5 Å². The van der Waals surface area contributed by atoms with Crippen LogP contribution in [0.4, 0.5) is 0 Å². The first-order valence-corrected chi connectivity index (χ1v) is 10.3. The first-order chi connectivity index (χ1) is 11.1. The summed E-state index contributed by atoms with van der Waals surface area (Å²) in [5.41, 5.74) is 0. The van der Waals surface area contributed by atoms with Crippen LogP contribution < -0.4 is 0 Å². The van der Waals surface area contributed by atoms with Gasteiger partial charge in [-0.15, -0.1) is 0 Å². The zero-order chi connectivity index (χ0) is 16.3. The Morgan fingerprint density at radius 2 is 1.70 bits per heavy atom. The van der Waals surface area contributed by atoms with E-state index in [4.69, 9.17) is 0 Å². The van der Waals surface area contributed by atoms with Gasteiger partial charge in [0.15, 0.2) is 9.84 Å². The molecular formula is C18H25NO3S. The number of likely N-dealkylation sites (tertiary alicyclic amines) is 1. The van der Waals surface area contributed by atoms with Crippen molar-refractivity contribution in [3.8, 4) is 0 Å². The Morgan fingerprint density at radius 3 is 2.39 bits per heavy atom. The molecule has 1 aromatic rings. The molecule has 5 heteroatoms. The van der Waals surface area contributed by atoms with Crippen molar-refractivity contribution in [3.63, 3.8) is 0 Å². The first-order valence-electron chi connectivity index (χ1n) is 8.66. The fraction of sp³-hybridized carbons (Fsp3) is 0.611. The van der Waals surface area contributed by atoms with E-state index >= 15 is 0 Å². The largest absolute Gasteiger partial charge is 0.338 e. The summed E-state index contributed by atoms with van der Waals surface area (Å²) < 4.78 is 25.2. The van der Waals surface area contributed by atoms with Gasteiger partial charge in [-0.05, 0) is 37.8 Å². The lowest BCUT2D eigenvalue weighted by Crippen LogP contribution is -2.43. The summed E-state index contributed by atoms with van der Waals surface area (Å²) in [6.45, 7) is 0.713. The fourth-order valence-corrected chi connectivity index (χ4v) is 5.48. The summed E-state index contributed by atoms with van der Waals surface area (Å²) in [5.74, 6) is 0.356. The fourth-order valence-electron chi connectivity index (χ4n) is 3.86. The minimum atomic E-state index is -3.33. The van der Waals surface area contributed by atoms with Crippen molar-refractivity contribution in [1.29, 1.82) is 0 Å². The van der Waals surface area contributed by atoms with E-state index < -0.39 is 9.84 Å². The van der Waals surface area contributed by atoms with Gasteiger partial charge in [-0.25, -0.2) is 8.42 Å². The Kier molecular flexibility index (Phi) is 5.05. The smallest absolute Gasteiger partial charge is 0.225 e. The molecule has 126 valence electrons. The number of carbonyl (C=O) groups excluding carboxylic acids is 1. The summed E-state index contributed by atoms with van der Waals surface area (Å²) in [6, 6.07) is 8.41. The third kappa shape index (κ3) is 3.77. The number of hydrogen-bond acceptors (Lipinski definition) is 3. The highest BCUT2D eigenvalue weighted by Gasteiger charge is 2.36. The van der Waals surface area contributed by atoms with Crippen LogP contribution >= 0.6 is 0 Å². The second kappa shape index (κ2) is 7.04. The Morgan fingerprint density at radius 1 is 1.00 bits per heavy atom. The maximum Gasteiger partial charge on any atom is 0.225 e. The predicted molar refractivity (Wildman–Crippen MR) is 89.8 cm³/mol. The van der Waals surface area contributed by atoms with Crippen LogP contribution in [0.3, 0.4) is 0 Å². The summed E-state index contributed by atoms with van der Waals surface area (Å²) >= 11 is 0. The van der Waals surface area contributed by atoms with Gasteiger partial charge in [0.1, 0.15) is 0 Å². The summed E-state index contributed by atoms with van der Waals surface area (Å²) in [5, 5.41) is 0. The SMILES string of the molecule is O=C(C1CCCCC1)N1CCCC1CS(=O)(=O)c1ccccc1. The van der Waals surface area contributed by atoms with E-state index in [1.165, 1.54) is 6.42 Å². The van der Waals surface area contributed by atoms with Crippen molar-refractivity contribution in [3.05, 3.63) is 30.3 Å². The van der Waals surface area contributed by atoms with Crippen molar-refractivity contribution >= 4 is 15.7 Å². The van der Waals surface area contributed by atoms with E-state index in [1.807, 2.05) is 11.0 Å². The molecule has 1 heterocycles. The van der Waals surface area contributed by atoms with Crippen LogP contribution in [-0.4, -0.2) is 37.6 Å². The lowest BCUT2D eigenvalue weighted by atomic mass is 9.88. The number of nitrogens with zero attached hydrogens (tertiary/aromatic N) is 1. The average Bonchev–Trinajstić information content (AvgIpc) is 3.03. The highest BCUT2D eigenvalue weighted by Crippen LogP contribution is 2.29. The molecule has 4 nitrogen and oxygen atoms in total. The minimum Gasteiger partial charge on any atom is -0.338 e.